The van der Waals surface area contributed by atoms with Crippen LogP contribution in [0.25, 0.3) is 21.5 Å². The molecule has 2 amide bonds. The first-order valence-corrected chi connectivity index (χ1v) is 12.4. The van der Waals surface area contributed by atoms with Crippen molar-refractivity contribution in [3.8, 4) is 16.2 Å². The summed E-state index contributed by atoms with van der Waals surface area (Å²) in [6, 6.07) is 5.76. The number of pyridine rings is 1. The summed E-state index contributed by atoms with van der Waals surface area (Å²) in [4.78, 5) is 33.9. The van der Waals surface area contributed by atoms with Gasteiger partial charge in [0.15, 0.2) is 0 Å². The summed E-state index contributed by atoms with van der Waals surface area (Å²) in [6.45, 7) is 6.41. The average molecular weight is 495 g/mol. The number of nitrogens with one attached hydrogen (secondary N) is 3. The number of aromatic nitrogens is 2. The summed E-state index contributed by atoms with van der Waals surface area (Å²) in [5, 5.41) is 6.68. The molecule has 0 bridgehead atoms. The number of carbonyl (C=O) groups excluding carboxylic acids is 2. The van der Waals surface area contributed by atoms with Gasteiger partial charge >= 0.3 is 6.09 Å². The lowest BCUT2D eigenvalue weighted by Gasteiger charge is -2.19. The van der Waals surface area contributed by atoms with Crippen LogP contribution in [0.5, 0.6) is 5.75 Å². The van der Waals surface area contributed by atoms with Gasteiger partial charge in [-0.15, -0.1) is 11.3 Å². The Balaban J connectivity index is 1.48. The van der Waals surface area contributed by atoms with Gasteiger partial charge in [-0.2, -0.15) is 0 Å². The lowest BCUT2D eigenvalue weighted by atomic mass is 10.0. The van der Waals surface area contributed by atoms with E-state index in [0.717, 1.165) is 27.9 Å². The van der Waals surface area contributed by atoms with Crippen molar-refractivity contribution in [2.24, 2.45) is 5.92 Å². The summed E-state index contributed by atoms with van der Waals surface area (Å²) < 4.78 is 11.2. The number of alkyl carbamates (subject to hydrolysis) is 1. The molecule has 3 N–H and O–H groups in total. The predicted octanol–water partition coefficient (Wildman–Crippen LogP) is 5.06. The lowest BCUT2D eigenvalue weighted by molar-refractivity contribution is 0.0519. The van der Waals surface area contributed by atoms with Gasteiger partial charge in [-0.25, -0.2) is 9.78 Å². The van der Waals surface area contributed by atoms with Gasteiger partial charge in [-0.05, 0) is 51.3 Å². The molecule has 184 valence electrons. The van der Waals surface area contributed by atoms with Gasteiger partial charge in [0.05, 0.1) is 6.54 Å². The first-order valence-electron chi connectivity index (χ1n) is 11.6. The first-order chi connectivity index (χ1) is 16.8. The Morgan fingerprint density at radius 2 is 2.09 bits per heavy atom. The molecule has 35 heavy (non-hydrogen) atoms. The van der Waals surface area contributed by atoms with E-state index in [4.69, 9.17) is 9.47 Å². The van der Waals surface area contributed by atoms with Crippen LogP contribution in [0.4, 0.5) is 4.79 Å². The number of ether oxygens (including phenoxy) is 2. The molecule has 0 saturated heterocycles. The standard InChI is InChI=1S/C26H30N4O4S/c1-26(2,3)34-25(32)29-13-14-33-20-15-21(18-9-11-27-23-19(18)10-12-28-23)35-22(20)24(31)30-16-17-7-5-4-6-8-17/h4-7,9-12,15,17H,8,13-14,16H2,1-3H3,(H,27,28)(H,29,32)(H,30,31). The smallest absolute Gasteiger partial charge is 0.407 e. The van der Waals surface area contributed by atoms with Crippen LogP contribution >= 0.6 is 11.3 Å². The molecule has 3 aromatic heterocycles. The largest absolute Gasteiger partial charge is 0.490 e. The molecule has 0 saturated carbocycles. The zero-order valence-corrected chi connectivity index (χ0v) is 20.9. The van der Waals surface area contributed by atoms with E-state index in [9.17, 15) is 9.59 Å². The molecule has 1 aliphatic rings. The monoisotopic (exact) mass is 494 g/mol. The molecule has 0 spiro atoms. The molecule has 3 aromatic rings. The van der Waals surface area contributed by atoms with E-state index in [1.165, 1.54) is 11.3 Å². The van der Waals surface area contributed by atoms with Gasteiger partial charge in [0.2, 0.25) is 0 Å². The number of fused-ring (bicyclic) bond motifs is 1. The third kappa shape index (κ3) is 6.51. The molecule has 0 aliphatic heterocycles. The molecule has 0 radical (unpaired) electrons. The maximum atomic E-state index is 13.1. The van der Waals surface area contributed by atoms with Crippen LogP contribution in [0.3, 0.4) is 0 Å². The van der Waals surface area contributed by atoms with E-state index >= 15 is 0 Å². The quantitative estimate of drug-likeness (QED) is 0.380. The predicted molar refractivity (Wildman–Crippen MR) is 138 cm³/mol. The van der Waals surface area contributed by atoms with E-state index in [0.29, 0.717) is 17.2 Å². The Morgan fingerprint density at radius 3 is 2.86 bits per heavy atom. The average Bonchev–Trinajstić information content (AvgIpc) is 3.47. The Kier molecular flexibility index (Phi) is 7.55. The number of hydrogen-bond acceptors (Lipinski definition) is 6. The van der Waals surface area contributed by atoms with Gasteiger partial charge in [0.25, 0.3) is 5.91 Å². The van der Waals surface area contributed by atoms with Crippen LogP contribution < -0.4 is 15.4 Å². The number of aromatic amines is 1. The lowest BCUT2D eigenvalue weighted by Crippen LogP contribution is -2.34. The van der Waals surface area contributed by atoms with Gasteiger partial charge < -0.3 is 25.1 Å². The number of thiophene rings is 1. The summed E-state index contributed by atoms with van der Waals surface area (Å²) in [6.07, 6.45) is 12.2. The molecule has 1 unspecified atom stereocenters. The summed E-state index contributed by atoms with van der Waals surface area (Å²) >= 11 is 1.38. The highest BCUT2D eigenvalue weighted by Crippen LogP contribution is 2.39. The van der Waals surface area contributed by atoms with Gasteiger partial charge in [0.1, 0.15) is 28.5 Å². The topological polar surface area (TPSA) is 105 Å². The van der Waals surface area contributed by atoms with Crippen LogP contribution in [-0.2, 0) is 4.74 Å². The van der Waals surface area contributed by atoms with Crippen molar-refractivity contribution in [3.05, 3.63) is 59.8 Å². The molecular weight excluding hydrogens is 464 g/mol. The van der Waals surface area contributed by atoms with Gasteiger partial charge in [-0.3, -0.25) is 4.79 Å². The van der Waals surface area contributed by atoms with Crippen molar-refractivity contribution < 1.29 is 19.1 Å². The van der Waals surface area contributed by atoms with Crippen molar-refractivity contribution in [2.75, 3.05) is 19.7 Å². The SMILES string of the molecule is CC(C)(C)OC(=O)NCCOc1cc(-c2ccnc3[nH]ccc23)sc1C(=O)NCC1C=CC=CC1. The number of H-pyrrole nitrogens is 1. The van der Waals surface area contributed by atoms with E-state index in [-0.39, 0.29) is 25.0 Å². The Morgan fingerprint density at radius 1 is 1.23 bits per heavy atom. The van der Waals surface area contributed by atoms with Crippen molar-refractivity contribution >= 4 is 34.4 Å². The van der Waals surface area contributed by atoms with Crippen LogP contribution in [-0.4, -0.2) is 47.3 Å². The highest BCUT2D eigenvalue weighted by atomic mass is 32.1. The Labute approximate surface area is 208 Å². The van der Waals surface area contributed by atoms with Crippen LogP contribution in [0.2, 0.25) is 0 Å². The van der Waals surface area contributed by atoms with E-state index < -0.39 is 11.7 Å². The molecular formula is C26H30N4O4S. The van der Waals surface area contributed by atoms with E-state index in [2.05, 4.69) is 32.8 Å². The molecule has 1 aliphatic carbocycles. The maximum Gasteiger partial charge on any atom is 0.407 e. The third-order valence-corrected chi connectivity index (χ3v) is 6.40. The summed E-state index contributed by atoms with van der Waals surface area (Å²) in [5.41, 5.74) is 1.18. The molecule has 1 atom stereocenters. The van der Waals surface area contributed by atoms with E-state index in [1.807, 2.05) is 36.5 Å². The number of allylic oxidation sites excluding steroid dienone is 3. The van der Waals surface area contributed by atoms with Gasteiger partial charge in [0, 0.05) is 34.8 Å². The fourth-order valence-electron chi connectivity index (χ4n) is 3.66. The second-order valence-electron chi connectivity index (χ2n) is 9.20. The van der Waals surface area contributed by atoms with E-state index in [1.54, 1.807) is 27.0 Å². The summed E-state index contributed by atoms with van der Waals surface area (Å²) in [7, 11) is 0. The highest BCUT2D eigenvalue weighted by molar-refractivity contribution is 7.17. The zero-order chi connectivity index (χ0) is 24.8. The molecule has 8 nitrogen and oxygen atoms in total. The molecule has 4 rings (SSSR count). The zero-order valence-electron chi connectivity index (χ0n) is 20.1. The number of nitrogens with zero attached hydrogens (tertiary/aromatic N) is 1. The van der Waals surface area contributed by atoms with Gasteiger partial charge in [-0.1, -0.05) is 24.3 Å². The maximum absolute atomic E-state index is 13.1. The molecule has 0 fully saturated rings. The second kappa shape index (κ2) is 10.8. The molecule has 0 aromatic carbocycles. The Bertz CT molecular complexity index is 1250. The number of hydrogen-bond donors (Lipinski definition) is 3. The van der Waals surface area contributed by atoms with Crippen molar-refractivity contribution in [3.63, 3.8) is 0 Å². The van der Waals surface area contributed by atoms with Crippen molar-refractivity contribution in [1.29, 1.82) is 0 Å². The fraction of sp³-hybridized carbons (Fsp3) is 0.346. The summed E-state index contributed by atoms with van der Waals surface area (Å²) in [5.74, 6) is 0.567. The fourth-order valence-corrected chi connectivity index (χ4v) is 4.72. The minimum atomic E-state index is -0.574. The minimum Gasteiger partial charge on any atom is -0.490 e. The third-order valence-electron chi connectivity index (χ3n) is 5.25. The normalized spacial score (nSPS) is 15.2. The minimum absolute atomic E-state index is 0.182. The number of amides is 2. The highest BCUT2D eigenvalue weighted by Gasteiger charge is 2.21. The molecule has 3 heterocycles. The van der Waals surface area contributed by atoms with Crippen molar-refractivity contribution in [1.82, 2.24) is 20.6 Å². The van der Waals surface area contributed by atoms with Crippen LogP contribution in [0.15, 0.2) is 54.9 Å². The number of rotatable bonds is 8. The number of carbonyl (C=O) groups is 2. The Hall–Kier alpha value is -3.59. The second-order valence-corrected chi connectivity index (χ2v) is 10.3. The van der Waals surface area contributed by atoms with Crippen LogP contribution in [0.1, 0.15) is 36.9 Å². The first kappa shape index (κ1) is 24.5. The van der Waals surface area contributed by atoms with Crippen LogP contribution in [0, 0.1) is 5.92 Å². The van der Waals surface area contributed by atoms with Crippen molar-refractivity contribution in [2.45, 2.75) is 32.8 Å². The molecule has 9 heteroatoms.